The first-order valence-electron chi connectivity index (χ1n) is 10.5. The number of aryl methyl sites for hydroxylation is 1. The second kappa shape index (κ2) is 10.6. The molecule has 0 N–H and O–H groups in total. The lowest BCUT2D eigenvalue weighted by molar-refractivity contribution is 0.0671. The Balaban J connectivity index is 1.88. The largest absolute Gasteiger partial charge is 0.379 e. The first-order valence-corrected chi connectivity index (χ1v) is 12.6. The summed E-state index contributed by atoms with van der Waals surface area (Å²) in [5.74, 6) is -0.0540. The summed E-state index contributed by atoms with van der Waals surface area (Å²) in [7, 11) is -4.14. The van der Waals surface area contributed by atoms with Crippen LogP contribution in [0.15, 0.2) is 71.6 Å². The predicted octanol–water partition coefficient (Wildman–Crippen LogP) is 6.51. The third-order valence-electron chi connectivity index (χ3n) is 5.36. The molecule has 1 atom stereocenters. The van der Waals surface area contributed by atoms with Crippen LogP contribution in [0.1, 0.15) is 41.8 Å². The Morgan fingerprint density at radius 3 is 2.33 bits per heavy atom. The first-order chi connectivity index (χ1) is 15.6. The number of halogens is 2. The Bertz CT molecular complexity index is 1240. The Morgan fingerprint density at radius 1 is 1.00 bits per heavy atom. The van der Waals surface area contributed by atoms with Gasteiger partial charge in [0.05, 0.1) is 15.6 Å². The molecule has 0 aliphatic heterocycles. The van der Waals surface area contributed by atoms with Crippen LogP contribution < -0.4 is 4.18 Å². The van der Waals surface area contributed by atoms with E-state index in [9.17, 15) is 13.2 Å². The van der Waals surface area contributed by atoms with E-state index < -0.39 is 10.1 Å². The Labute approximate surface area is 205 Å². The molecule has 0 aliphatic rings. The van der Waals surface area contributed by atoms with Crippen LogP contribution in [0.2, 0.25) is 10.0 Å². The van der Waals surface area contributed by atoms with E-state index in [1.165, 1.54) is 6.07 Å². The predicted molar refractivity (Wildman–Crippen MR) is 132 cm³/mol. The number of amides is 1. The van der Waals surface area contributed by atoms with E-state index >= 15 is 0 Å². The molecule has 0 fully saturated rings. The van der Waals surface area contributed by atoms with Crippen molar-refractivity contribution >= 4 is 39.2 Å². The summed E-state index contributed by atoms with van der Waals surface area (Å²) >= 11 is 12.4. The van der Waals surface area contributed by atoms with Crippen LogP contribution in [0, 0.1) is 6.92 Å². The zero-order valence-electron chi connectivity index (χ0n) is 18.6. The molecule has 0 aromatic heterocycles. The summed E-state index contributed by atoms with van der Waals surface area (Å²) in [4.78, 5) is 14.9. The lowest BCUT2D eigenvalue weighted by Crippen LogP contribution is -2.38. The molecule has 0 spiro atoms. The molecule has 3 aromatic rings. The minimum absolute atomic E-state index is 0.0622. The van der Waals surface area contributed by atoms with Crippen molar-refractivity contribution in [2.24, 2.45) is 0 Å². The molecule has 0 aliphatic carbocycles. The van der Waals surface area contributed by atoms with Crippen molar-refractivity contribution in [1.29, 1.82) is 0 Å². The highest BCUT2D eigenvalue weighted by Gasteiger charge is 2.25. The molecule has 3 aromatic carbocycles. The quantitative estimate of drug-likeness (QED) is 0.327. The number of nitrogens with zero attached hydrogens (tertiary/aromatic N) is 1. The molecule has 33 heavy (non-hydrogen) atoms. The van der Waals surface area contributed by atoms with Gasteiger partial charge in [0, 0.05) is 12.6 Å². The molecule has 0 bridgehead atoms. The highest BCUT2D eigenvalue weighted by Crippen LogP contribution is 2.29. The third-order valence-corrected chi connectivity index (χ3v) is 7.57. The van der Waals surface area contributed by atoms with Crippen LogP contribution in [0.25, 0.3) is 0 Å². The summed E-state index contributed by atoms with van der Waals surface area (Å²) in [5, 5.41) is 0.480. The van der Waals surface area contributed by atoms with Gasteiger partial charge in [-0.25, -0.2) is 0 Å². The van der Waals surface area contributed by atoms with Gasteiger partial charge >= 0.3 is 10.1 Å². The lowest BCUT2D eigenvalue weighted by Gasteiger charge is -2.29. The minimum Gasteiger partial charge on any atom is -0.379 e. The number of carbonyl (C=O) groups is 1. The van der Waals surface area contributed by atoms with Gasteiger partial charge in [-0.3, -0.25) is 4.79 Å². The molecule has 1 amide bonds. The monoisotopic (exact) mass is 505 g/mol. The fourth-order valence-electron chi connectivity index (χ4n) is 3.43. The van der Waals surface area contributed by atoms with E-state index in [0.717, 1.165) is 12.0 Å². The number of benzene rings is 3. The average molecular weight is 506 g/mol. The van der Waals surface area contributed by atoms with E-state index in [4.69, 9.17) is 27.4 Å². The second-order valence-electron chi connectivity index (χ2n) is 7.74. The molecule has 3 rings (SSSR count). The van der Waals surface area contributed by atoms with Crippen molar-refractivity contribution in [2.75, 3.05) is 0 Å². The first kappa shape index (κ1) is 25.1. The van der Waals surface area contributed by atoms with Crippen molar-refractivity contribution in [3.05, 3.63) is 93.5 Å². The molecule has 174 valence electrons. The van der Waals surface area contributed by atoms with Crippen LogP contribution in [0.3, 0.4) is 0 Å². The van der Waals surface area contributed by atoms with Crippen molar-refractivity contribution in [3.8, 4) is 5.75 Å². The van der Waals surface area contributed by atoms with Crippen molar-refractivity contribution in [3.63, 3.8) is 0 Å². The van der Waals surface area contributed by atoms with E-state index in [1.807, 2.05) is 19.9 Å². The van der Waals surface area contributed by atoms with Crippen molar-refractivity contribution < 1.29 is 17.4 Å². The molecular formula is C25H25Cl2NO4S. The molecular weight excluding hydrogens is 481 g/mol. The van der Waals surface area contributed by atoms with Gasteiger partial charge < -0.3 is 9.08 Å². The van der Waals surface area contributed by atoms with Gasteiger partial charge in [0.1, 0.15) is 10.6 Å². The topological polar surface area (TPSA) is 63.7 Å². The Morgan fingerprint density at radius 2 is 1.67 bits per heavy atom. The lowest BCUT2D eigenvalue weighted by atomic mass is 10.1. The van der Waals surface area contributed by atoms with Gasteiger partial charge in [0.15, 0.2) is 0 Å². The normalized spacial score (nSPS) is 12.3. The van der Waals surface area contributed by atoms with E-state index in [1.54, 1.807) is 66.4 Å². The van der Waals surface area contributed by atoms with Gasteiger partial charge in [-0.1, -0.05) is 66.5 Å². The van der Waals surface area contributed by atoms with Crippen LogP contribution in [0.4, 0.5) is 0 Å². The van der Waals surface area contributed by atoms with Crippen LogP contribution >= 0.6 is 23.2 Å². The van der Waals surface area contributed by atoms with Crippen LogP contribution in [-0.2, 0) is 16.7 Å². The minimum atomic E-state index is -4.14. The molecule has 0 radical (unpaired) electrons. The number of rotatable bonds is 8. The highest BCUT2D eigenvalue weighted by molar-refractivity contribution is 7.87. The maximum atomic E-state index is 13.2. The summed E-state index contributed by atoms with van der Waals surface area (Å²) in [5.41, 5.74) is 1.63. The Hall–Kier alpha value is -2.54. The zero-order valence-corrected chi connectivity index (χ0v) is 20.9. The SMILES string of the molecule is CC[C@@H](C)N(Cc1cccc(OS(=O)(=O)c2c(C)cccc2Cl)c1)C(=O)c1ccccc1Cl. The van der Waals surface area contributed by atoms with Gasteiger partial charge in [-0.15, -0.1) is 0 Å². The Kier molecular flexibility index (Phi) is 8.05. The van der Waals surface area contributed by atoms with Crippen molar-refractivity contribution in [2.45, 2.75) is 44.7 Å². The van der Waals surface area contributed by atoms with Gasteiger partial charge in [0.2, 0.25) is 0 Å². The summed E-state index contributed by atoms with van der Waals surface area (Å²) in [6, 6.07) is 18.4. The molecule has 0 heterocycles. The summed E-state index contributed by atoms with van der Waals surface area (Å²) in [6.45, 7) is 5.87. The fraction of sp³-hybridized carbons (Fsp3) is 0.240. The highest BCUT2D eigenvalue weighted by atomic mass is 35.5. The molecule has 5 nitrogen and oxygen atoms in total. The molecule has 0 unspecified atom stereocenters. The van der Waals surface area contributed by atoms with Crippen molar-refractivity contribution in [1.82, 2.24) is 4.90 Å². The molecule has 0 saturated carbocycles. The second-order valence-corrected chi connectivity index (χ2v) is 10.0. The number of carbonyl (C=O) groups excluding carboxylic acids is 1. The molecule has 0 saturated heterocycles. The number of hydrogen-bond acceptors (Lipinski definition) is 4. The van der Waals surface area contributed by atoms with Gasteiger partial charge in [0.25, 0.3) is 5.91 Å². The average Bonchev–Trinajstić information content (AvgIpc) is 2.76. The maximum absolute atomic E-state index is 13.2. The third kappa shape index (κ3) is 5.88. The smallest absolute Gasteiger partial charge is 0.340 e. The maximum Gasteiger partial charge on any atom is 0.340 e. The standard InChI is InChI=1S/C25H25Cl2NO4S/c1-4-18(3)28(25(29)21-12-5-6-13-22(21)26)16-19-10-8-11-20(15-19)32-33(30,31)24-17(2)9-7-14-23(24)27/h5-15,18H,4,16H2,1-3H3/t18-/m1/s1. The van der Waals surface area contributed by atoms with Crippen LogP contribution in [0.5, 0.6) is 5.75 Å². The van der Waals surface area contributed by atoms with E-state index in [0.29, 0.717) is 16.1 Å². The molecule has 8 heteroatoms. The summed E-state index contributed by atoms with van der Waals surface area (Å²) < 4.78 is 31.1. The fourth-order valence-corrected chi connectivity index (χ4v) is 5.36. The van der Waals surface area contributed by atoms with Gasteiger partial charge in [-0.2, -0.15) is 8.42 Å². The number of hydrogen-bond donors (Lipinski definition) is 0. The zero-order chi connectivity index (χ0) is 24.2. The van der Waals surface area contributed by atoms with E-state index in [2.05, 4.69) is 0 Å². The van der Waals surface area contributed by atoms with E-state index in [-0.39, 0.29) is 34.2 Å². The van der Waals surface area contributed by atoms with Crippen LogP contribution in [-0.4, -0.2) is 25.3 Å². The summed E-state index contributed by atoms with van der Waals surface area (Å²) in [6.07, 6.45) is 0.743. The van der Waals surface area contributed by atoms with Gasteiger partial charge in [-0.05, 0) is 61.7 Å².